The Bertz CT molecular complexity index is 910. The maximum atomic E-state index is 5.89. The van der Waals surface area contributed by atoms with E-state index in [1.807, 2.05) is 47.4 Å². The lowest BCUT2D eigenvalue weighted by Crippen LogP contribution is -2.08. The lowest BCUT2D eigenvalue weighted by Gasteiger charge is -2.18. The molecule has 0 N–H and O–H groups in total. The third-order valence-electron chi connectivity index (χ3n) is 4.92. The van der Waals surface area contributed by atoms with Crippen LogP contribution < -0.4 is 4.74 Å². The Balaban J connectivity index is 1.31. The number of rotatable bonds is 7. The van der Waals surface area contributed by atoms with Crippen LogP contribution in [0.4, 0.5) is 0 Å². The number of halogens is 1. The Labute approximate surface area is 173 Å². The fourth-order valence-corrected chi connectivity index (χ4v) is 6.02. The Morgan fingerprint density at radius 2 is 2.07 bits per heavy atom. The minimum absolute atomic E-state index is 0.729. The molecule has 2 heterocycles. The first-order valence-corrected chi connectivity index (χ1v) is 11.6. The van der Waals surface area contributed by atoms with Crippen molar-refractivity contribution in [3.63, 3.8) is 0 Å². The van der Waals surface area contributed by atoms with Crippen LogP contribution in [0.5, 0.6) is 5.75 Å². The zero-order valence-corrected chi connectivity index (χ0v) is 17.8. The van der Waals surface area contributed by atoms with Gasteiger partial charge in [0.1, 0.15) is 21.9 Å². The SMILES string of the molecule is C[C@@H]1CCc2c(sc3ncnc(SCCCCOc4ccc(Cl)cc4)c23)C1. The quantitative estimate of drug-likeness (QED) is 0.252. The molecule has 1 aromatic carbocycles. The summed E-state index contributed by atoms with van der Waals surface area (Å²) in [6, 6.07) is 7.54. The standard InChI is InChI=1S/C21H23ClN2OS2/c1-14-4-9-17-18(12-14)27-21-19(17)20(23-13-24-21)26-11-3-2-10-25-16-7-5-15(22)6-8-16/h5-8,13-14H,2-4,9-12H2,1H3/t14-/m1/s1. The van der Waals surface area contributed by atoms with Crippen molar-refractivity contribution in [1.82, 2.24) is 9.97 Å². The van der Waals surface area contributed by atoms with Crippen molar-refractivity contribution in [2.24, 2.45) is 5.92 Å². The van der Waals surface area contributed by atoms with Crippen LogP contribution in [-0.4, -0.2) is 22.3 Å². The van der Waals surface area contributed by atoms with Gasteiger partial charge < -0.3 is 4.74 Å². The van der Waals surface area contributed by atoms with Gasteiger partial charge in [-0.3, -0.25) is 0 Å². The monoisotopic (exact) mass is 418 g/mol. The van der Waals surface area contributed by atoms with Crippen molar-refractivity contribution in [3.05, 3.63) is 46.1 Å². The molecule has 3 nitrogen and oxygen atoms in total. The zero-order valence-electron chi connectivity index (χ0n) is 15.4. The molecular formula is C21H23ClN2OS2. The Hall–Kier alpha value is -1.30. The lowest BCUT2D eigenvalue weighted by molar-refractivity contribution is 0.310. The molecule has 0 aliphatic heterocycles. The molecule has 4 rings (SSSR count). The molecule has 1 aliphatic carbocycles. The summed E-state index contributed by atoms with van der Waals surface area (Å²) in [4.78, 5) is 11.8. The molecule has 0 fully saturated rings. The van der Waals surface area contributed by atoms with Crippen LogP contribution in [-0.2, 0) is 12.8 Å². The molecule has 0 saturated heterocycles. The van der Waals surface area contributed by atoms with Crippen LogP contribution in [0.2, 0.25) is 5.02 Å². The summed E-state index contributed by atoms with van der Waals surface area (Å²) in [6.07, 6.45) is 7.50. The first-order valence-electron chi connectivity index (χ1n) is 9.47. The minimum atomic E-state index is 0.729. The number of hydrogen-bond donors (Lipinski definition) is 0. The van der Waals surface area contributed by atoms with Gasteiger partial charge in [0, 0.05) is 15.3 Å². The van der Waals surface area contributed by atoms with E-state index in [0.29, 0.717) is 0 Å². The van der Waals surface area contributed by atoms with Gasteiger partial charge in [-0.15, -0.1) is 23.1 Å². The highest BCUT2D eigenvalue weighted by Crippen LogP contribution is 2.40. The number of nitrogens with zero attached hydrogens (tertiary/aromatic N) is 2. The number of aryl methyl sites for hydroxylation is 1. The molecule has 0 radical (unpaired) electrons. The molecule has 1 atom stereocenters. The summed E-state index contributed by atoms with van der Waals surface area (Å²) in [7, 11) is 0. The van der Waals surface area contributed by atoms with E-state index in [4.69, 9.17) is 16.3 Å². The van der Waals surface area contributed by atoms with Crippen molar-refractivity contribution in [1.29, 1.82) is 0 Å². The van der Waals surface area contributed by atoms with Crippen LogP contribution in [0.3, 0.4) is 0 Å². The third kappa shape index (κ3) is 4.58. The topological polar surface area (TPSA) is 35.0 Å². The third-order valence-corrected chi connectivity index (χ3v) is 7.41. The number of unbranched alkanes of at least 4 members (excludes halogenated alkanes) is 1. The number of hydrogen-bond acceptors (Lipinski definition) is 5. The van der Waals surface area contributed by atoms with Crippen molar-refractivity contribution in [2.45, 2.75) is 44.1 Å². The highest BCUT2D eigenvalue weighted by atomic mass is 35.5. The van der Waals surface area contributed by atoms with Gasteiger partial charge in [-0.2, -0.15) is 0 Å². The first kappa shape index (κ1) is 19.0. The van der Waals surface area contributed by atoms with E-state index in [9.17, 15) is 0 Å². The van der Waals surface area contributed by atoms with Gasteiger partial charge in [-0.1, -0.05) is 18.5 Å². The molecule has 6 heteroatoms. The Kier molecular flexibility index (Phi) is 6.21. The second-order valence-corrected chi connectivity index (χ2v) is 9.67. The van der Waals surface area contributed by atoms with Crippen LogP contribution >= 0.6 is 34.7 Å². The summed E-state index contributed by atoms with van der Waals surface area (Å²) < 4.78 is 5.76. The molecule has 142 valence electrons. The predicted octanol–water partition coefficient (Wildman–Crippen LogP) is 6.42. The molecule has 0 unspecified atom stereocenters. The smallest absolute Gasteiger partial charge is 0.128 e. The van der Waals surface area contributed by atoms with E-state index in [1.165, 1.54) is 35.1 Å². The Morgan fingerprint density at radius 1 is 1.22 bits per heavy atom. The highest BCUT2D eigenvalue weighted by molar-refractivity contribution is 7.99. The van der Waals surface area contributed by atoms with E-state index in [1.54, 1.807) is 6.33 Å². The van der Waals surface area contributed by atoms with Crippen LogP contribution in [0, 0.1) is 5.92 Å². The molecule has 0 spiro atoms. The maximum Gasteiger partial charge on any atom is 0.128 e. The number of aromatic nitrogens is 2. The number of thiophene rings is 1. The summed E-state index contributed by atoms with van der Waals surface area (Å²) in [5, 5.41) is 3.22. The second-order valence-electron chi connectivity index (χ2n) is 7.07. The van der Waals surface area contributed by atoms with Gasteiger partial charge in [0.15, 0.2) is 0 Å². The summed E-state index contributed by atoms with van der Waals surface area (Å²) in [5.74, 6) is 2.72. The van der Waals surface area contributed by atoms with Gasteiger partial charge in [-0.05, 0) is 73.6 Å². The van der Waals surface area contributed by atoms with Crippen LogP contribution in [0.25, 0.3) is 10.2 Å². The lowest BCUT2D eigenvalue weighted by atomic mass is 9.89. The Morgan fingerprint density at radius 3 is 2.93 bits per heavy atom. The molecule has 0 amide bonds. The van der Waals surface area contributed by atoms with E-state index < -0.39 is 0 Å². The molecular weight excluding hydrogens is 396 g/mol. The number of ether oxygens (including phenoxy) is 1. The van der Waals surface area contributed by atoms with E-state index in [0.717, 1.165) is 51.7 Å². The van der Waals surface area contributed by atoms with Gasteiger partial charge in [-0.25, -0.2) is 9.97 Å². The summed E-state index contributed by atoms with van der Waals surface area (Å²) >= 11 is 9.62. The van der Waals surface area contributed by atoms with Crippen molar-refractivity contribution in [2.75, 3.05) is 12.4 Å². The zero-order chi connectivity index (χ0) is 18.6. The van der Waals surface area contributed by atoms with Crippen LogP contribution in [0.1, 0.15) is 36.6 Å². The number of thioether (sulfide) groups is 1. The largest absolute Gasteiger partial charge is 0.494 e. The molecule has 27 heavy (non-hydrogen) atoms. The second kappa shape index (κ2) is 8.80. The molecule has 3 aromatic rings. The normalized spacial score (nSPS) is 16.4. The van der Waals surface area contributed by atoms with E-state index in [2.05, 4.69) is 16.9 Å². The van der Waals surface area contributed by atoms with Crippen molar-refractivity contribution >= 4 is 44.9 Å². The molecule has 0 bridgehead atoms. The summed E-state index contributed by atoms with van der Waals surface area (Å²) in [5.41, 5.74) is 1.52. The molecule has 2 aromatic heterocycles. The van der Waals surface area contributed by atoms with E-state index in [-0.39, 0.29) is 0 Å². The predicted molar refractivity (Wildman–Crippen MR) is 116 cm³/mol. The fraction of sp³-hybridized carbons (Fsp3) is 0.429. The first-order chi connectivity index (χ1) is 13.2. The van der Waals surface area contributed by atoms with Crippen LogP contribution in [0.15, 0.2) is 35.6 Å². The summed E-state index contributed by atoms with van der Waals surface area (Å²) in [6.45, 7) is 3.08. The number of fused-ring (bicyclic) bond motifs is 3. The minimum Gasteiger partial charge on any atom is -0.494 e. The molecule has 1 aliphatic rings. The van der Waals surface area contributed by atoms with Crippen molar-refractivity contribution < 1.29 is 4.74 Å². The average molecular weight is 419 g/mol. The highest BCUT2D eigenvalue weighted by Gasteiger charge is 2.22. The molecule has 0 saturated carbocycles. The van der Waals surface area contributed by atoms with Gasteiger partial charge >= 0.3 is 0 Å². The van der Waals surface area contributed by atoms with Gasteiger partial charge in [0.05, 0.1) is 6.61 Å². The van der Waals surface area contributed by atoms with Gasteiger partial charge in [0.2, 0.25) is 0 Å². The average Bonchev–Trinajstić information content (AvgIpc) is 3.04. The maximum absolute atomic E-state index is 5.89. The van der Waals surface area contributed by atoms with Gasteiger partial charge in [0.25, 0.3) is 0 Å². The number of benzene rings is 1. The fourth-order valence-electron chi connectivity index (χ4n) is 3.45. The van der Waals surface area contributed by atoms with E-state index >= 15 is 0 Å². The van der Waals surface area contributed by atoms with Crippen molar-refractivity contribution in [3.8, 4) is 5.75 Å².